The number of guanidine groups is 1. The SMILES string of the molecule is CN=C(NCCOC)NCc1cccc(C(=O)NCCN(C)C)c1.I. The number of likely N-dealkylation sites (N-methyl/N-ethyl adjacent to an activating group) is 1. The zero-order valence-corrected chi connectivity index (χ0v) is 17.8. The first-order valence-electron chi connectivity index (χ1n) is 8.02. The van der Waals surface area contributed by atoms with E-state index in [1.54, 1.807) is 14.2 Å². The van der Waals surface area contributed by atoms with Gasteiger partial charge in [0.2, 0.25) is 0 Å². The van der Waals surface area contributed by atoms with E-state index < -0.39 is 0 Å². The number of carbonyl (C=O) groups excluding carboxylic acids is 1. The fraction of sp³-hybridized carbons (Fsp3) is 0.529. The number of methoxy groups -OCH3 is 1. The highest BCUT2D eigenvalue weighted by atomic mass is 127. The van der Waals surface area contributed by atoms with Gasteiger partial charge in [-0.3, -0.25) is 9.79 Å². The smallest absolute Gasteiger partial charge is 0.251 e. The van der Waals surface area contributed by atoms with Gasteiger partial charge in [0.15, 0.2) is 5.96 Å². The summed E-state index contributed by atoms with van der Waals surface area (Å²) in [4.78, 5) is 18.3. The van der Waals surface area contributed by atoms with Crippen molar-refractivity contribution in [2.45, 2.75) is 6.54 Å². The first-order valence-corrected chi connectivity index (χ1v) is 8.02. The van der Waals surface area contributed by atoms with Gasteiger partial charge in [-0.25, -0.2) is 0 Å². The Bertz CT molecular complexity index is 538. The van der Waals surface area contributed by atoms with Crippen LogP contribution in [-0.4, -0.2) is 71.3 Å². The number of ether oxygens (including phenoxy) is 1. The lowest BCUT2D eigenvalue weighted by atomic mass is 10.1. The normalized spacial score (nSPS) is 11.0. The molecule has 3 N–H and O–H groups in total. The number of halogens is 1. The number of amides is 1. The maximum atomic E-state index is 12.1. The van der Waals surface area contributed by atoms with Crippen LogP contribution in [0.15, 0.2) is 29.3 Å². The summed E-state index contributed by atoms with van der Waals surface area (Å²) < 4.78 is 5.00. The molecule has 0 unspecified atom stereocenters. The van der Waals surface area contributed by atoms with Crippen LogP contribution in [0.2, 0.25) is 0 Å². The third-order valence-electron chi connectivity index (χ3n) is 3.32. The molecule has 1 aromatic rings. The second kappa shape index (κ2) is 13.9. The quantitative estimate of drug-likeness (QED) is 0.220. The van der Waals surface area contributed by atoms with Gasteiger partial charge < -0.3 is 25.6 Å². The van der Waals surface area contributed by atoms with E-state index in [1.807, 2.05) is 43.3 Å². The molecule has 0 radical (unpaired) electrons. The van der Waals surface area contributed by atoms with Crippen LogP contribution < -0.4 is 16.0 Å². The second-order valence-electron chi connectivity index (χ2n) is 5.60. The van der Waals surface area contributed by atoms with Crippen LogP contribution in [0.4, 0.5) is 0 Å². The number of benzene rings is 1. The van der Waals surface area contributed by atoms with Crippen LogP contribution in [0.25, 0.3) is 0 Å². The Morgan fingerprint density at radius 1 is 1.20 bits per heavy atom. The topological polar surface area (TPSA) is 78.0 Å². The maximum Gasteiger partial charge on any atom is 0.251 e. The van der Waals surface area contributed by atoms with Crippen LogP contribution >= 0.6 is 24.0 Å². The number of hydrogen-bond donors (Lipinski definition) is 3. The maximum absolute atomic E-state index is 12.1. The molecule has 25 heavy (non-hydrogen) atoms. The van der Waals surface area contributed by atoms with Gasteiger partial charge >= 0.3 is 0 Å². The third-order valence-corrected chi connectivity index (χ3v) is 3.32. The minimum absolute atomic E-state index is 0. The number of nitrogens with zero attached hydrogens (tertiary/aromatic N) is 2. The lowest BCUT2D eigenvalue weighted by Crippen LogP contribution is -2.38. The monoisotopic (exact) mass is 463 g/mol. The van der Waals surface area contributed by atoms with Crippen molar-refractivity contribution in [2.24, 2.45) is 4.99 Å². The Morgan fingerprint density at radius 3 is 2.60 bits per heavy atom. The summed E-state index contributed by atoms with van der Waals surface area (Å²) in [7, 11) is 7.34. The van der Waals surface area contributed by atoms with Crippen molar-refractivity contribution in [3.8, 4) is 0 Å². The molecule has 0 aromatic heterocycles. The molecule has 0 heterocycles. The molecule has 0 spiro atoms. The molecule has 1 aromatic carbocycles. The molecule has 8 heteroatoms. The molecule has 0 bridgehead atoms. The van der Waals surface area contributed by atoms with Crippen molar-refractivity contribution < 1.29 is 9.53 Å². The Morgan fingerprint density at radius 2 is 1.96 bits per heavy atom. The minimum atomic E-state index is -0.0544. The van der Waals surface area contributed by atoms with Crippen LogP contribution in [0.5, 0.6) is 0 Å². The molecular weight excluding hydrogens is 433 g/mol. The summed E-state index contributed by atoms with van der Waals surface area (Å²) in [5.41, 5.74) is 1.68. The van der Waals surface area contributed by atoms with Crippen molar-refractivity contribution in [2.75, 3.05) is 54.5 Å². The van der Waals surface area contributed by atoms with Crippen molar-refractivity contribution in [1.82, 2.24) is 20.9 Å². The fourth-order valence-electron chi connectivity index (χ4n) is 2.00. The minimum Gasteiger partial charge on any atom is -0.383 e. The molecule has 0 saturated carbocycles. The van der Waals surface area contributed by atoms with Gasteiger partial charge in [0.1, 0.15) is 0 Å². The van der Waals surface area contributed by atoms with Crippen LogP contribution in [0.1, 0.15) is 15.9 Å². The van der Waals surface area contributed by atoms with Gasteiger partial charge in [-0.15, -0.1) is 24.0 Å². The summed E-state index contributed by atoms with van der Waals surface area (Å²) in [5.74, 6) is 0.647. The molecule has 0 aliphatic carbocycles. The highest BCUT2D eigenvalue weighted by molar-refractivity contribution is 14.0. The lowest BCUT2D eigenvalue weighted by molar-refractivity contribution is 0.0951. The predicted octanol–water partition coefficient (Wildman–Crippen LogP) is 0.907. The molecule has 0 atom stereocenters. The first kappa shape index (κ1) is 23.6. The van der Waals surface area contributed by atoms with E-state index >= 15 is 0 Å². The van der Waals surface area contributed by atoms with Gasteiger partial charge in [-0.05, 0) is 31.8 Å². The Hall–Kier alpha value is -1.39. The second-order valence-corrected chi connectivity index (χ2v) is 5.60. The standard InChI is InChI=1S/C17H29N5O2.HI/c1-18-17(20-9-11-24-4)21-13-14-6-5-7-15(12-14)16(23)19-8-10-22(2)3;/h5-7,12H,8-11,13H2,1-4H3,(H,19,23)(H2,18,20,21);1H. The summed E-state index contributed by atoms with van der Waals surface area (Å²) in [6.45, 7) is 3.33. The van der Waals surface area contributed by atoms with Crippen LogP contribution in [0.3, 0.4) is 0 Å². The van der Waals surface area contributed by atoms with Crippen molar-refractivity contribution in [3.63, 3.8) is 0 Å². The van der Waals surface area contributed by atoms with Gasteiger partial charge in [-0.1, -0.05) is 12.1 Å². The summed E-state index contributed by atoms with van der Waals surface area (Å²) in [6.07, 6.45) is 0. The summed E-state index contributed by atoms with van der Waals surface area (Å²) in [5, 5.41) is 9.28. The zero-order chi connectivity index (χ0) is 17.8. The highest BCUT2D eigenvalue weighted by Gasteiger charge is 2.06. The van der Waals surface area contributed by atoms with Gasteiger partial charge in [0.05, 0.1) is 6.61 Å². The van der Waals surface area contributed by atoms with Crippen molar-refractivity contribution >= 4 is 35.8 Å². The molecule has 0 aliphatic heterocycles. The molecule has 7 nitrogen and oxygen atoms in total. The van der Waals surface area contributed by atoms with E-state index in [4.69, 9.17) is 4.74 Å². The average molecular weight is 463 g/mol. The predicted molar refractivity (Wildman–Crippen MR) is 113 cm³/mol. The fourth-order valence-corrected chi connectivity index (χ4v) is 2.00. The average Bonchev–Trinajstić information content (AvgIpc) is 2.58. The number of hydrogen-bond acceptors (Lipinski definition) is 4. The number of rotatable bonds is 9. The molecule has 142 valence electrons. The van der Waals surface area contributed by atoms with E-state index in [-0.39, 0.29) is 29.9 Å². The molecule has 1 rings (SSSR count). The lowest BCUT2D eigenvalue weighted by Gasteiger charge is -2.13. The Kier molecular flexibility index (Phi) is 13.1. The zero-order valence-electron chi connectivity index (χ0n) is 15.5. The number of aliphatic imine (C=N–C) groups is 1. The Labute approximate surface area is 167 Å². The first-order chi connectivity index (χ1) is 11.6. The van der Waals surface area contributed by atoms with Gasteiger partial charge in [0, 0.05) is 45.9 Å². The highest BCUT2D eigenvalue weighted by Crippen LogP contribution is 2.05. The third kappa shape index (κ3) is 10.3. The summed E-state index contributed by atoms with van der Waals surface area (Å²) in [6, 6.07) is 7.57. The number of carbonyl (C=O) groups is 1. The van der Waals surface area contributed by atoms with Gasteiger partial charge in [-0.2, -0.15) is 0 Å². The largest absolute Gasteiger partial charge is 0.383 e. The molecule has 1 amide bonds. The van der Waals surface area contributed by atoms with E-state index in [0.717, 1.165) is 12.1 Å². The van der Waals surface area contributed by atoms with Crippen LogP contribution in [-0.2, 0) is 11.3 Å². The molecule has 0 fully saturated rings. The molecular formula is C17H30IN5O2. The van der Waals surface area contributed by atoms with E-state index in [0.29, 0.717) is 37.8 Å². The molecule has 0 saturated heterocycles. The van der Waals surface area contributed by atoms with Crippen LogP contribution in [0, 0.1) is 0 Å². The van der Waals surface area contributed by atoms with Crippen molar-refractivity contribution in [1.29, 1.82) is 0 Å². The van der Waals surface area contributed by atoms with E-state index in [9.17, 15) is 4.79 Å². The summed E-state index contributed by atoms with van der Waals surface area (Å²) >= 11 is 0. The number of nitrogens with one attached hydrogen (secondary N) is 3. The molecule has 0 aliphatic rings. The van der Waals surface area contributed by atoms with Crippen molar-refractivity contribution in [3.05, 3.63) is 35.4 Å². The van der Waals surface area contributed by atoms with E-state index in [1.165, 1.54) is 0 Å². The van der Waals surface area contributed by atoms with E-state index in [2.05, 4.69) is 20.9 Å². The van der Waals surface area contributed by atoms with Gasteiger partial charge in [0.25, 0.3) is 5.91 Å². The Balaban J connectivity index is 0.00000576.